The highest BCUT2D eigenvalue weighted by atomic mass is 16.4. The fraction of sp³-hybridized carbons (Fsp3) is 0.619. The number of aliphatic carboxylic acids is 1. The van der Waals surface area contributed by atoms with Gasteiger partial charge in [-0.3, -0.25) is 19.2 Å². The van der Waals surface area contributed by atoms with E-state index in [-0.39, 0.29) is 12.3 Å². The van der Waals surface area contributed by atoms with Gasteiger partial charge in [0.05, 0.1) is 18.8 Å². The second kappa shape index (κ2) is 13.3. The summed E-state index contributed by atoms with van der Waals surface area (Å²) in [6, 6.07) is -4.68. The van der Waals surface area contributed by atoms with E-state index in [1.165, 1.54) is 12.5 Å². The number of imidazole rings is 1. The van der Waals surface area contributed by atoms with Crippen molar-refractivity contribution in [3.8, 4) is 0 Å². The fourth-order valence-corrected chi connectivity index (χ4v) is 3.01. The SMILES string of the molecule is CCC(C)C(NC(=O)C(CC(N)=O)NC(=O)C(N)C(C)C)C(=O)NC(Cc1cnc[nH]1)C(=O)O. The summed E-state index contributed by atoms with van der Waals surface area (Å²) in [5.74, 6) is -4.91. The number of amides is 4. The summed E-state index contributed by atoms with van der Waals surface area (Å²) >= 11 is 0. The molecule has 0 bridgehead atoms. The first-order valence-corrected chi connectivity index (χ1v) is 11.0. The molecular weight excluding hydrogens is 446 g/mol. The summed E-state index contributed by atoms with van der Waals surface area (Å²) in [6.07, 6.45) is 2.75. The Kier molecular flexibility index (Phi) is 11.2. The Morgan fingerprint density at radius 2 is 1.65 bits per heavy atom. The molecule has 0 aliphatic heterocycles. The number of nitrogens with one attached hydrogen (secondary N) is 4. The summed E-state index contributed by atoms with van der Waals surface area (Å²) in [4.78, 5) is 68.0. The van der Waals surface area contributed by atoms with Gasteiger partial charge in [0.2, 0.25) is 23.6 Å². The zero-order valence-corrected chi connectivity index (χ0v) is 19.8. The summed E-state index contributed by atoms with van der Waals surface area (Å²) in [5.41, 5.74) is 11.5. The Hall–Kier alpha value is -3.48. The minimum absolute atomic E-state index is 0.0459. The number of carbonyl (C=O) groups is 5. The van der Waals surface area contributed by atoms with Crippen molar-refractivity contribution in [2.24, 2.45) is 23.3 Å². The lowest BCUT2D eigenvalue weighted by molar-refractivity contribution is -0.142. The van der Waals surface area contributed by atoms with Crippen molar-refractivity contribution in [3.63, 3.8) is 0 Å². The molecule has 0 saturated heterocycles. The number of carbonyl (C=O) groups excluding carboxylic acids is 4. The van der Waals surface area contributed by atoms with Gasteiger partial charge in [0.25, 0.3) is 0 Å². The zero-order valence-electron chi connectivity index (χ0n) is 19.8. The molecule has 5 unspecified atom stereocenters. The molecule has 9 N–H and O–H groups in total. The summed E-state index contributed by atoms with van der Waals surface area (Å²) in [7, 11) is 0. The second-order valence-corrected chi connectivity index (χ2v) is 8.55. The monoisotopic (exact) mass is 481 g/mol. The summed E-state index contributed by atoms with van der Waals surface area (Å²) < 4.78 is 0. The van der Waals surface area contributed by atoms with E-state index in [0.717, 1.165) is 0 Å². The van der Waals surface area contributed by atoms with E-state index in [1.54, 1.807) is 27.7 Å². The molecule has 190 valence electrons. The number of nitrogens with zero attached hydrogens (tertiary/aromatic N) is 1. The van der Waals surface area contributed by atoms with E-state index in [9.17, 15) is 29.1 Å². The van der Waals surface area contributed by atoms with Crippen LogP contribution in [0.4, 0.5) is 0 Å². The Morgan fingerprint density at radius 1 is 1.03 bits per heavy atom. The molecule has 13 heteroatoms. The van der Waals surface area contributed by atoms with Gasteiger partial charge in [0, 0.05) is 18.3 Å². The summed E-state index contributed by atoms with van der Waals surface area (Å²) in [6.45, 7) is 6.93. The number of hydrogen-bond acceptors (Lipinski definition) is 7. The molecule has 34 heavy (non-hydrogen) atoms. The first kappa shape index (κ1) is 28.6. The lowest BCUT2D eigenvalue weighted by Crippen LogP contribution is -2.59. The average Bonchev–Trinajstić information content (AvgIpc) is 3.27. The predicted octanol–water partition coefficient (Wildman–Crippen LogP) is -1.60. The van der Waals surface area contributed by atoms with Crippen LogP contribution in [-0.2, 0) is 30.4 Å². The molecule has 0 saturated carbocycles. The van der Waals surface area contributed by atoms with Gasteiger partial charge < -0.3 is 37.5 Å². The molecule has 1 aromatic heterocycles. The molecule has 0 radical (unpaired) electrons. The van der Waals surface area contributed by atoms with Crippen molar-refractivity contribution in [3.05, 3.63) is 18.2 Å². The Labute approximate surface area is 197 Å². The van der Waals surface area contributed by atoms with E-state index >= 15 is 0 Å². The van der Waals surface area contributed by atoms with Gasteiger partial charge in [-0.15, -0.1) is 0 Å². The molecule has 5 atom stereocenters. The number of carboxylic acids is 1. The molecule has 0 aliphatic rings. The van der Waals surface area contributed by atoms with Crippen LogP contribution < -0.4 is 27.4 Å². The average molecular weight is 482 g/mol. The van der Waals surface area contributed by atoms with Crippen LogP contribution in [0.3, 0.4) is 0 Å². The molecule has 1 heterocycles. The van der Waals surface area contributed by atoms with Crippen LogP contribution in [0, 0.1) is 11.8 Å². The van der Waals surface area contributed by atoms with Crippen LogP contribution in [-0.4, -0.2) is 68.8 Å². The zero-order chi connectivity index (χ0) is 26.0. The normalized spacial score (nSPS) is 15.5. The lowest BCUT2D eigenvalue weighted by atomic mass is 9.97. The number of aromatic amines is 1. The smallest absolute Gasteiger partial charge is 0.326 e. The molecular formula is C21H35N7O6. The van der Waals surface area contributed by atoms with Crippen molar-refractivity contribution >= 4 is 29.6 Å². The van der Waals surface area contributed by atoms with Gasteiger partial charge in [0.15, 0.2) is 0 Å². The highest BCUT2D eigenvalue weighted by Gasteiger charge is 2.33. The maximum Gasteiger partial charge on any atom is 0.326 e. The van der Waals surface area contributed by atoms with Gasteiger partial charge in [-0.05, 0) is 11.8 Å². The van der Waals surface area contributed by atoms with Crippen molar-refractivity contribution in [2.75, 3.05) is 0 Å². The molecule has 4 amide bonds. The van der Waals surface area contributed by atoms with Crippen LogP contribution in [0.5, 0.6) is 0 Å². The van der Waals surface area contributed by atoms with Crippen LogP contribution >= 0.6 is 0 Å². The van der Waals surface area contributed by atoms with E-state index in [0.29, 0.717) is 12.1 Å². The molecule has 0 fully saturated rings. The number of rotatable bonds is 14. The number of aromatic nitrogens is 2. The molecule has 1 aromatic rings. The van der Waals surface area contributed by atoms with Gasteiger partial charge >= 0.3 is 5.97 Å². The first-order chi connectivity index (χ1) is 15.9. The number of hydrogen-bond donors (Lipinski definition) is 7. The molecule has 0 spiro atoms. The van der Waals surface area contributed by atoms with Crippen LogP contribution in [0.25, 0.3) is 0 Å². The second-order valence-electron chi connectivity index (χ2n) is 8.55. The molecule has 0 aromatic carbocycles. The third-order valence-electron chi connectivity index (χ3n) is 5.45. The Balaban J connectivity index is 3.02. The largest absolute Gasteiger partial charge is 0.480 e. The third-order valence-corrected chi connectivity index (χ3v) is 5.45. The highest BCUT2D eigenvalue weighted by Crippen LogP contribution is 2.10. The number of H-pyrrole nitrogens is 1. The standard InChI is InChI=1S/C21H35N7O6/c1-5-11(4)17(20(32)27-14(21(33)34)6-12-8-24-9-25-12)28-18(30)13(7-15(22)29)26-19(31)16(23)10(2)3/h8-11,13-14,16-17H,5-7,23H2,1-4H3,(H2,22,29)(H,24,25)(H,26,31)(H,27,32)(H,28,30)(H,33,34). The van der Waals surface area contributed by atoms with E-state index in [1.807, 2.05) is 0 Å². The molecule has 0 aliphatic carbocycles. The minimum Gasteiger partial charge on any atom is -0.480 e. The molecule has 1 rings (SSSR count). The maximum atomic E-state index is 13.0. The third kappa shape index (κ3) is 8.81. The van der Waals surface area contributed by atoms with Gasteiger partial charge in [-0.25, -0.2) is 9.78 Å². The Bertz CT molecular complexity index is 858. The topological polar surface area (TPSA) is 222 Å². The summed E-state index contributed by atoms with van der Waals surface area (Å²) in [5, 5.41) is 16.9. The van der Waals surface area contributed by atoms with Crippen molar-refractivity contribution in [1.29, 1.82) is 0 Å². The number of primary amides is 1. The van der Waals surface area contributed by atoms with E-state index in [4.69, 9.17) is 11.5 Å². The predicted molar refractivity (Wildman–Crippen MR) is 122 cm³/mol. The minimum atomic E-state index is -1.35. The first-order valence-electron chi connectivity index (χ1n) is 11.0. The van der Waals surface area contributed by atoms with Crippen molar-refractivity contribution in [1.82, 2.24) is 25.9 Å². The lowest BCUT2D eigenvalue weighted by Gasteiger charge is -2.28. The van der Waals surface area contributed by atoms with Crippen LogP contribution in [0.2, 0.25) is 0 Å². The quantitative estimate of drug-likeness (QED) is 0.163. The highest BCUT2D eigenvalue weighted by molar-refractivity contribution is 5.96. The van der Waals surface area contributed by atoms with Crippen molar-refractivity contribution in [2.45, 2.75) is 71.1 Å². The Morgan fingerprint density at radius 3 is 2.12 bits per heavy atom. The maximum absolute atomic E-state index is 13.0. The number of carboxylic acid groups (broad SMARTS) is 1. The van der Waals surface area contributed by atoms with Gasteiger partial charge in [0.1, 0.15) is 18.1 Å². The van der Waals surface area contributed by atoms with Crippen LogP contribution in [0.15, 0.2) is 12.5 Å². The van der Waals surface area contributed by atoms with E-state index in [2.05, 4.69) is 25.9 Å². The van der Waals surface area contributed by atoms with Gasteiger partial charge in [-0.2, -0.15) is 0 Å². The number of nitrogens with two attached hydrogens (primary N) is 2. The fourth-order valence-electron chi connectivity index (χ4n) is 3.01. The van der Waals surface area contributed by atoms with Crippen molar-refractivity contribution < 1.29 is 29.1 Å². The van der Waals surface area contributed by atoms with Gasteiger partial charge in [-0.1, -0.05) is 34.1 Å². The van der Waals surface area contributed by atoms with Crippen LogP contribution in [0.1, 0.15) is 46.2 Å². The molecule has 13 nitrogen and oxygen atoms in total. The van der Waals surface area contributed by atoms with E-state index < -0.39 is 66.1 Å².